The summed E-state index contributed by atoms with van der Waals surface area (Å²) >= 11 is 6.04. The molecule has 2 atom stereocenters. The maximum absolute atomic E-state index is 12.2. The molecule has 2 aromatic carbocycles. The van der Waals surface area contributed by atoms with Gasteiger partial charge in [0.05, 0.1) is 53.6 Å². The topological polar surface area (TPSA) is 87.9 Å². The van der Waals surface area contributed by atoms with E-state index in [9.17, 15) is 4.79 Å². The van der Waals surface area contributed by atoms with Gasteiger partial charge in [-0.2, -0.15) is 0 Å². The van der Waals surface area contributed by atoms with Crippen LogP contribution in [0.3, 0.4) is 0 Å². The molecule has 0 spiro atoms. The lowest BCUT2D eigenvalue weighted by atomic mass is 9.88. The number of benzene rings is 2. The minimum absolute atomic E-state index is 0.173. The molecular weight excluding hydrogens is 556 g/mol. The second-order valence-electron chi connectivity index (χ2n) is 11.2. The second kappa shape index (κ2) is 11.6. The van der Waals surface area contributed by atoms with Gasteiger partial charge in [-0.15, -0.1) is 0 Å². The van der Waals surface area contributed by atoms with Gasteiger partial charge in [0.1, 0.15) is 12.4 Å². The minimum atomic E-state index is -0.346. The number of esters is 1. The Bertz CT molecular complexity index is 1590. The molecule has 5 heterocycles. The second-order valence-corrected chi connectivity index (χ2v) is 11.6. The first-order chi connectivity index (χ1) is 20.6. The number of piperidine rings is 1. The van der Waals surface area contributed by atoms with Gasteiger partial charge in [-0.1, -0.05) is 23.7 Å². The number of carbonyl (C=O) groups is 1. The molecule has 2 saturated heterocycles. The number of para-hydroxylation sites is 1. The van der Waals surface area contributed by atoms with Gasteiger partial charge in [0.25, 0.3) is 0 Å². The van der Waals surface area contributed by atoms with Crippen molar-refractivity contribution in [3.63, 3.8) is 0 Å². The number of pyridine rings is 1. The molecule has 9 nitrogen and oxygen atoms in total. The van der Waals surface area contributed by atoms with Crippen molar-refractivity contribution < 1.29 is 23.7 Å². The van der Waals surface area contributed by atoms with Crippen molar-refractivity contribution in [3.8, 4) is 11.5 Å². The monoisotopic (exact) mass is 588 g/mol. The number of likely N-dealkylation sites (tertiary alicyclic amines) is 1. The Labute approximate surface area is 249 Å². The summed E-state index contributed by atoms with van der Waals surface area (Å²) in [6.07, 6.45) is 4.58. The van der Waals surface area contributed by atoms with E-state index in [4.69, 9.17) is 35.5 Å². The van der Waals surface area contributed by atoms with Crippen LogP contribution in [0.2, 0.25) is 5.02 Å². The SMILES string of the molecule is COC(=O)c1ccc2nc(CN3CCC(c4cccc5c4OC(c4ccc(Cl)cn4)CO5)CC3)n(CC3CCO3)c2c1. The number of methoxy groups -OCH3 is 1. The van der Waals surface area contributed by atoms with Gasteiger partial charge < -0.3 is 23.5 Å². The van der Waals surface area contributed by atoms with Crippen LogP contribution in [0.5, 0.6) is 11.5 Å². The third-order valence-corrected chi connectivity index (χ3v) is 8.78. The van der Waals surface area contributed by atoms with E-state index in [2.05, 4.69) is 26.6 Å². The van der Waals surface area contributed by atoms with Crippen LogP contribution in [-0.2, 0) is 22.6 Å². The first-order valence-corrected chi connectivity index (χ1v) is 14.9. The van der Waals surface area contributed by atoms with E-state index in [0.717, 1.165) is 86.1 Å². The lowest BCUT2D eigenvalue weighted by Crippen LogP contribution is -2.35. The van der Waals surface area contributed by atoms with Crippen LogP contribution in [0.25, 0.3) is 11.0 Å². The molecule has 42 heavy (non-hydrogen) atoms. The summed E-state index contributed by atoms with van der Waals surface area (Å²) in [5.74, 6) is 2.63. The molecule has 4 aromatic rings. The standard InChI is InChI=1S/C32H33ClN4O5/c1-39-32(38)21-5-7-25-27(15-21)37(17-23-11-14-40-23)30(35-25)18-36-12-9-20(10-13-36)24-3-2-4-28-31(24)42-29(19-41-28)26-8-6-22(33)16-34-26/h2-8,15-16,20,23,29H,9-14,17-19H2,1H3. The summed E-state index contributed by atoms with van der Waals surface area (Å²) in [7, 11) is 1.40. The van der Waals surface area contributed by atoms with Crippen LogP contribution < -0.4 is 9.47 Å². The summed E-state index contributed by atoms with van der Waals surface area (Å²) in [5, 5.41) is 0.598. The van der Waals surface area contributed by atoms with Gasteiger partial charge in [-0.25, -0.2) is 9.78 Å². The van der Waals surface area contributed by atoms with E-state index >= 15 is 0 Å². The molecule has 0 amide bonds. The molecule has 218 valence electrons. The molecule has 3 aliphatic heterocycles. The molecule has 10 heteroatoms. The average Bonchev–Trinajstić information content (AvgIpc) is 3.34. The minimum Gasteiger partial charge on any atom is -0.485 e. The highest BCUT2D eigenvalue weighted by molar-refractivity contribution is 6.30. The molecule has 0 radical (unpaired) electrons. The highest BCUT2D eigenvalue weighted by Gasteiger charge is 2.31. The Morgan fingerprint density at radius 1 is 1.12 bits per heavy atom. The third kappa shape index (κ3) is 5.32. The third-order valence-electron chi connectivity index (χ3n) is 8.56. The van der Waals surface area contributed by atoms with Gasteiger partial charge in [0.15, 0.2) is 17.6 Å². The van der Waals surface area contributed by atoms with Crippen molar-refractivity contribution in [2.24, 2.45) is 0 Å². The molecule has 0 aliphatic carbocycles. The molecule has 0 N–H and O–H groups in total. The number of fused-ring (bicyclic) bond motifs is 2. The number of rotatable bonds is 7. The molecule has 2 fully saturated rings. The number of halogens is 1. The lowest BCUT2D eigenvalue weighted by Gasteiger charge is -2.35. The highest BCUT2D eigenvalue weighted by Crippen LogP contribution is 2.44. The predicted octanol–water partition coefficient (Wildman–Crippen LogP) is 5.55. The van der Waals surface area contributed by atoms with Gasteiger partial charge in [-0.05, 0) is 74.7 Å². The van der Waals surface area contributed by atoms with E-state index in [-0.39, 0.29) is 18.2 Å². The average molecular weight is 589 g/mol. The van der Waals surface area contributed by atoms with Crippen molar-refractivity contribution >= 4 is 28.6 Å². The van der Waals surface area contributed by atoms with E-state index in [1.54, 1.807) is 12.3 Å². The zero-order valence-corrected chi connectivity index (χ0v) is 24.3. The summed E-state index contributed by atoms with van der Waals surface area (Å²) in [6.45, 7) is 4.55. The van der Waals surface area contributed by atoms with Crippen LogP contribution in [0.4, 0.5) is 0 Å². The largest absolute Gasteiger partial charge is 0.485 e. The van der Waals surface area contributed by atoms with Gasteiger partial charge in [0, 0.05) is 18.4 Å². The molecule has 2 unspecified atom stereocenters. The highest BCUT2D eigenvalue weighted by atomic mass is 35.5. The number of ether oxygens (including phenoxy) is 4. The van der Waals surface area contributed by atoms with Crippen molar-refractivity contribution in [3.05, 3.63) is 82.4 Å². The van der Waals surface area contributed by atoms with Crippen LogP contribution in [-0.4, -0.2) is 64.9 Å². The maximum atomic E-state index is 12.2. The molecular formula is C32H33ClN4O5. The number of imidazole rings is 1. The Hall–Kier alpha value is -3.66. The van der Waals surface area contributed by atoms with Crippen molar-refractivity contribution in [1.82, 2.24) is 19.4 Å². The fraction of sp³-hybridized carbons (Fsp3) is 0.406. The number of hydrogen-bond donors (Lipinski definition) is 0. The molecule has 0 saturated carbocycles. The number of nitrogens with zero attached hydrogens (tertiary/aromatic N) is 4. The van der Waals surface area contributed by atoms with Crippen molar-refractivity contribution in [2.75, 3.05) is 33.4 Å². The summed E-state index contributed by atoms with van der Waals surface area (Å²) in [6, 6.07) is 15.5. The van der Waals surface area contributed by atoms with E-state index in [0.29, 0.717) is 23.1 Å². The van der Waals surface area contributed by atoms with Gasteiger partial charge in [0.2, 0.25) is 0 Å². The zero-order chi connectivity index (χ0) is 28.6. The molecule has 7 rings (SSSR count). The Kier molecular flexibility index (Phi) is 7.48. The van der Waals surface area contributed by atoms with E-state index in [1.807, 2.05) is 30.3 Å². The van der Waals surface area contributed by atoms with Crippen molar-refractivity contribution in [1.29, 1.82) is 0 Å². The Balaban J connectivity index is 1.07. The number of hydrogen-bond acceptors (Lipinski definition) is 8. The first kappa shape index (κ1) is 27.2. The Morgan fingerprint density at radius 3 is 2.71 bits per heavy atom. The van der Waals surface area contributed by atoms with E-state index in [1.165, 1.54) is 12.7 Å². The zero-order valence-electron chi connectivity index (χ0n) is 23.5. The van der Waals surface area contributed by atoms with Crippen LogP contribution in [0.1, 0.15) is 58.7 Å². The number of carbonyl (C=O) groups excluding carboxylic acids is 1. The predicted molar refractivity (Wildman–Crippen MR) is 157 cm³/mol. The summed E-state index contributed by atoms with van der Waals surface area (Å²) in [4.78, 5) is 24.1. The fourth-order valence-electron chi connectivity index (χ4n) is 6.14. The Morgan fingerprint density at radius 2 is 1.98 bits per heavy atom. The molecule has 3 aliphatic rings. The fourth-order valence-corrected chi connectivity index (χ4v) is 6.25. The lowest BCUT2D eigenvalue weighted by molar-refractivity contribution is -0.0592. The van der Waals surface area contributed by atoms with Gasteiger partial charge in [-0.3, -0.25) is 9.88 Å². The maximum Gasteiger partial charge on any atom is 0.337 e. The van der Waals surface area contributed by atoms with Crippen LogP contribution in [0, 0.1) is 0 Å². The normalized spacial score (nSPS) is 20.8. The van der Waals surface area contributed by atoms with Gasteiger partial charge >= 0.3 is 5.97 Å². The molecule has 0 bridgehead atoms. The quantitative estimate of drug-likeness (QED) is 0.260. The molecule has 2 aromatic heterocycles. The first-order valence-electron chi connectivity index (χ1n) is 14.5. The van der Waals surface area contributed by atoms with Crippen LogP contribution >= 0.6 is 11.6 Å². The number of aromatic nitrogens is 3. The van der Waals surface area contributed by atoms with E-state index < -0.39 is 0 Å². The summed E-state index contributed by atoms with van der Waals surface area (Å²) in [5.41, 5.74) is 4.35. The van der Waals surface area contributed by atoms with Crippen molar-refractivity contribution in [2.45, 2.75) is 50.5 Å². The smallest absolute Gasteiger partial charge is 0.337 e. The summed E-state index contributed by atoms with van der Waals surface area (Å²) < 4.78 is 25.5. The van der Waals surface area contributed by atoms with Crippen LogP contribution in [0.15, 0.2) is 54.7 Å².